The van der Waals surface area contributed by atoms with Gasteiger partial charge in [-0.3, -0.25) is 4.79 Å². The Labute approximate surface area is 187 Å². The Balaban J connectivity index is 1.54. The van der Waals surface area contributed by atoms with E-state index in [2.05, 4.69) is 5.32 Å². The van der Waals surface area contributed by atoms with E-state index < -0.39 is 0 Å². The summed E-state index contributed by atoms with van der Waals surface area (Å²) in [6.07, 6.45) is 1.39. The number of benzene rings is 3. The summed E-state index contributed by atoms with van der Waals surface area (Å²) in [5.74, 6) is 1.71. The van der Waals surface area contributed by atoms with E-state index in [1.165, 1.54) is 6.08 Å². The lowest BCUT2D eigenvalue weighted by atomic mass is 10.1. The Kier molecular flexibility index (Phi) is 6.26. The third-order valence-corrected chi connectivity index (χ3v) is 5.15. The Morgan fingerprint density at radius 3 is 2.56 bits per heavy atom. The van der Waals surface area contributed by atoms with E-state index in [1.54, 1.807) is 13.2 Å². The summed E-state index contributed by atoms with van der Waals surface area (Å²) in [5, 5.41) is 3.76. The van der Waals surface area contributed by atoms with Gasteiger partial charge in [0.1, 0.15) is 17.6 Å². The highest BCUT2D eigenvalue weighted by Crippen LogP contribution is 2.34. The molecular weight excluding hydrogens is 402 g/mol. The molecule has 0 aliphatic heterocycles. The zero-order valence-corrected chi connectivity index (χ0v) is 18.3. The van der Waals surface area contributed by atoms with Gasteiger partial charge in [0.05, 0.1) is 7.11 Å². The first-order chi connectivity index (χ1) is 15.5. The fraction of sp³-hybridized carbons (Fsp3) is 0.148. The summed E-state index contributed by atoms with van der Waals surface area (Å²) in [4.78, 5) is 12.5. The molecule has 0 fully saturated rings. The molecule has 4 aromatic rings. The Hall–Kier alpha value is -3.99. The highest BCUT2D eigenvalue weighted by molar-refractivity contribution is 6.04. The maximum atomic E-state index is 12.5. The van der Waals surface area contributed by atoms with Gasteiger partial charge in [0.25, 0.3) is 0 Å². The number of nitrogens with one attached hydrogen (secondary N) is 1. The fourth-order valence-electron chi connectivity index (χ4n) is 3.45. The molecular formula is C27H25NO4. The fourth-order valence-corrected chi connectivity index (χ4v) is 3.45. The van der Waals surface area contributed by atoms with Crippen LogP contribution in [0.2, 0.25) is 0 Å². The summed E-state index contributed by atoms with van der Waals surface area (Å²) in [5.41, 5.74) is 3.12. The largest absolute Gasteiger partial charge is 0.497 e. The molecule has 1 amide bonds. The predicted molar refractivity (Wildman–Crippen MR) is 127 cm³/mol. The minimum absolute atomic E-state index is 0.124. The van der Waals surface area contributed by atoms with E-state index in [0.29, 0.717) is 34.1 Å². The van der Waals surface area contributed by atoms with Crippen molar-refractivity contribution in [1.29, 1.82) is 0 Å². The normalized spacial score (nSPS) is 12.4. The zero-order chi connectivity index (χ0) is 22.5. The van der Waals surface area contributed by atoms with Crippen LogP contribution in [0, 0.1) is 0 Å². The van der Waals surface area contributed by atoms with Crippen LogP contribution in [0.4, 0.5) is 5.69 Å². The average molecular weight is 428 g/mol. The van der Waals surface area contributed by atoms with Crippen molar-refractivity contribution in [2.75, 3.05) is 12.4 Å². The van der Waals surface area contributed by atoms with E-state index >= 15 is 0 Å². The van der Waals surface area contributed by atoms with Gasteiger partial charge in [-0.2, -0.15) is 0 Å². The van der Waals surface area contributed by atoms with E-state index in [0.717, 1.165) is 10.9 Å². The first kappa shape index (κ1) is 21.2. The molecule has 1 atom stereocenters. The SMILES string of the molecule is COc1cccc(NC(=O)C=C(C)c2cc3cccc(OC(C)c4ccccc4)c3o2)c1. The second-order valence-electron chi connectivity index (χ2n) is 7.50. The predicted octanol–water partition coefficient (Wildman–Crippen LogP) is 6.62. The van der Waals surface area contributed by atoms with Crippen molar-refractivity contribution in [3.63, 3.8) is 0 Å². The lowest BCUT2D eigenvalue weighted by Gasteiger charge is -2.15. The van der Waals surface area contributed by atoms with Crippen LogP contribution < -0.4 is 14.8 Å². The Morgan fingerprint density at radius 1 is 1.00 bits per heavy atom. The van der Waals surface area contributed by atoms with Gasteiger partial charge in [-0.15, -0.1) is 0 Å². The Morgan fingerprint density at radius 2 is 1.78 bits per heavy atom. The second kappa shape index (κ2) is 9.43. The molecule has 0 spiro atoms. The topological polar surface area (TPSA) is 60.7 Å². The van der Waals surface area contributed by atoms with Crippen LogP contribution in [0.5, 0.6) is 11.5 Å². The van der Waals surface area contributed by atoms with Gasteiger partial charge in [0.2, 0.25) is 5.91 Å². The van der Waals surface area contributed by atoms with Gasteiger partial charge < -0.3 is 19.2 Å². The van der Waals surface area contributed by atoms with Gasteiger partial charge in [0.15, 0.2) is 11.3 Å². The number of rotatable bonds is 7. The number of anilines is 1. The van der Waals surface area contributed by atoms with Crippen LogP contribution in [0.15, 0.2) is 89.4 Å². The van der Waals surface area contributed by atoms with Crippen LogP contribution in [0.1, 0.15) is 31.3 Å². The van der Waals surface area contributed by atoms with Gasteiger partial charge >= 0.3 is 0 Å². The van der Waals surface area contributed by atoms with Crippen LogP contribution in [-0.4, -0.2) is 13.0 Å². The van der Waals surface area contributed by atoms with E-state index in [9.17, 15) is 4.79 Å². The number of methoxy groups -OCH3 is 1. The molecule has 162 valence electrons. The van der Waals surface area contributed by atoms with Gasteiger partial charge in [-0.05, 0) is 49.2 Å². The molecule has 0 saturated heterocycles. The third kappa shape index (κ3) is 4.83. The number of allylic oxidation sites excluding steroid dienone is 1. The average Bonchev–Trinajstić information content (AvgIpc) is 3.25. The summed E-state index contributed by atoms with van der Waals surface area (Å²) < 4.78 is 17.5. The smallest absolute Gasteiger partial charge is 0.248 e. The van der Waals surface area contributed by atoms with E-state index in [-0.39, 0.29) is 12.0 Å². The minimum atomic E-state index is -0.245. The number of para-hydroxylation sites is 1. The first-order valence-electron chi connectivity index (χ1n) is 10.4. The van der Waals surface area contributed by atoms with Crippen molar-refractivity contribution in [3.8, 4) is 11.5 Å². The number of hydrogen-bond donors (Lipinski definition) is 1. The minimum Gasteiger partial charge on any atom is -0.497 e. The number of ether oxygens (including phenoxy) is 2. The van der Waals surface area contributed by atoms with Crippen LogP contribution in [0.25, 0.3) is 16.5 Å². The molecule has 0 aliphatic rings. The third-order valence-electron chi connectivity index (χ3n) is 5.15. The lowest BCUT2D eigenvalue weighted by Crippen LogP contribution is -2.08. The molecule has 0 saturated carbocycles. The van der Waals surface area contributed by atoms with E-state index in [1.807, 2.05) is 86.6 Å². The maximum absolute atomic E-state index is 12.5. The summed E-state index contributed by atoms with van der Waals surface area (Å²) in [6.45, 7) is 3.85. The highest BCUT2D eigenvalue weighted by atomic mass is 16.5. The monoisotopic (exact) mass is 427 g/mol. The van der Waals surface area contributed by atoms with Crippen molar-refractivity contribution in [2.45, 2.75) is 20.0 Å². The molecule has 1 heterocycles. The number of amides is 1. The number of carbonyl (C=O) groups excluding carboxylic acids is 1. The number of fused-ring (bicyclic) bond motifs is 1. The van der Waals surface area contributed by atoms with Gasteiger partial charge in [-0.1, -0.05) is 48.5 Å². The quantitative estimate of drug-likeness (QED) is 0.337. The number of hydrogen-bond acceptors (Lipinski definition) is 4. The van der Waals surface area contributed by atoms with Gasteiger partial charge in [0, 0.05) is 23.2 Å². The van der Waals surface area contributed by atoms with Crippen molar-refractivity contribution in [3.05, 3.63) is 96.3 Å². The van der Waals surface area contributed by atoms with Crippen LogP contribution in [0.3, 0.4) is 0 Å². The molecule has 1 N–H and O–H groups in total. The van der Waals surface area contributed by atoms with Crippen molar-refractivity contribution in [1.82, 2.24) is 0 Å². The van der Waals surface area contributed by atoms with Gasteiger partial charge in [-0.25, -0.2) is 0 Å². The van der Waals surface area contributed by atoms with Crippen LogP contribution in [-0.2, 0) is 4.79 Å². The molecule has 32 heavy (non-hydrogen) atoms. The molecule has 3 aromatic carbocycles. The molecule has 0 radical (unpaired) electrons. The standard InChI is InChI=1S/C27H25NO4/c1-18(15-26(29)28-22-12-8-13-23(17-22)30-3)25-16-21-11-7-14-24(27(21)32-25)31-19(2)20-9-5-4-6-10-20/h4-17,19H,1-3H3,(H,28,29). The molecule has 1 aromatic heterocycles. The number of furan rings is 1. The lowest BCUT2D eigenvalue weighted by molar-refractivity contribution is -0.111. The van der Waals surface area contributed by atoms with E-state index in [4.69, 9.17) is 13.9 Å². The maximum Gasteiger partial charge on any atom is 0.248 e. The summed E-state index contributed by atoms with van der Waals surface area (Å²) in [6, 6.07) is 25.0. The zero-order valence-electron chi connectivity index (χ0n) is 18.3. The molecule has 0 aliphatic carbocycles. The van der Waals surface area contributed by atoms with Crippen molar-refractivity contribution < 1.29 is 18.7 Å². The first-order valence-corrected chi connectivity index (χ1v) is 10.4. The summed E-state index contributed by atoms with van der Waals surface area (Å²) >= 11 is 0. The van der Waals surface area contributed by atoms with Crippen LogP contribution >= 0.6 is 0 Å². The van der Waals surface area contributed by atoms with Crippen molar-refractivity contribution >= 4 is 28.1 Å². The molecule has 5 heteroatoms. The number of carbonyl (C=O) groups is 1. The van der Waals surface area contributed by atoms with Crippen molar-refractivity contribution in [2.24, 2.45) is 0 Å². The molecule has 0 bridgehead atoms. The Bertz CT molecular complexity index is 1260. The summed E-state index contributed by atoms with van der Waals surface area (Å²) in [7, 11) is 1.59. The molecule has 1 unspecified atom stereocenters. The highest BCUT2D eigenvalue weighted by Gasteiger charge is 2.14. The molecule has 4 rings (SSSR count). The molecule has 5 nitrogen and oxygen atoms in total. The second-order valence-corrected chi connectivity index (χ2v) is 7.50.